The molecule has 0 unspecified atom stereocenters. The van der Waals surface area contributed by atoms with Crippen molar-refractivity contribution in [2.75, 3.05) is 0 Å². The summed E-state index contributed by atoms with van der Waals surface area (Å²) in [6.07, 6.45) is 1.57. The molecular formula is C14H14O2. The molecule has 2 rings (SSSR count). The summed E-state index contributed by atoms with van der Waals surface area (Å²) in [5.74, 6) is 0.0215. The Morgan fingerprint density at radius 1 is 1.00 bits per heavy atom. The van der Waals surface area contributed by atoms with Crippen molar-refractivity contribution in [3.8, 4) is 0 Å². The van der Waals surface area contributed by atoms with E-state index in [0.29, 0.717) is 28.7 Å². The Kier molecular flexibility index (Phi) is 2.73. The number of hydrogen-bond acceptors (Lipinski definition) is 2. The molecule has 2 heteroatoms. The maximum Gasteiger partial charge on any atom is 0.190 e. The van der Waals surface area contributed by atoms with Gasteiger partial charge in [0.05, 0.1) is 0 Å². The Morgan fingerprint density at radius 2 is 1.56 bits per heavy atom. The van der Waals surface area contributed by atoms with Crippen LogP contribution in [0.15, 0.2) is 35.4 Å². The fraction of sp³-hybridized carbons (Fsp3) is 0.286. The van der Waals surface area contributed by atoms with E-state index in [2.05, 4.69) is 0 Å². The van der Waals surface area contributed by atoms with Crippen molar-refractivity contribution in [3.05, 3.63) is 46.5 Å². The molecular weight excluding hydrogens is 200 g/mol. The highest BCUT2D eigenvalue weighted by Gasteiger charge is 2.28. The molecule has 0 radical (unpaired) electrons. The number of hydrogen-bond donors (Lipinski definition) is 0. The molecule has 0 fully saturated rings. The second-order valence-electron chi connectivity index (χ2n) is 4.06. The summed E-state index contributed by atoms with van der Waals surface area (Å²) in [5.41, 5.74) is 2.41. The van der Waals surface area contributed by atoms with Gasteiger partial charge in [-0.3, -0.25) is 9.59 Å². The van der Waals surface area contributed by atoms with E-state index in [1.807, 2.05) is 6.92 Å². The number of Topliss-reactive ketones (excluding diaryl/α,β-unsaturated/α-hetero) is 2. The standard InChI is InChI=1S/C14H14O2/c1-3-6-10-9(2)13(15)11-7-4-5-8-12(11)14(10)16/h4-5,7-8H,3,6H2,1-2H3. The van der Waals surface area contributed by atoms with Crippen molar-refractivity contribution >= 4 is 11.6 Å². The number of benzene rings is 1. The zero-order valence-electron chi connectivity index (χ0n) is 9.54. The molecule has 0 spiro atoms. The number of ketones is 2. The number of carbonyl (C=O) groups excluding carboxylic acids is 2. The first kappa shape index (κ1) is 10.8. The molecule has 0 aliphatic heterocycles. The molecule has 0 saturated carbocycles. The summed E-state index contributed by atoms with van der Waals surface area (Å²) in [5, 5.41) is 0. The first-order chi connectivity index (χ1) is 7.66. The van der Waals surface area contributed by atoms with Gasteiger partial charge < -0.3 is 0 Å². The highest BCUT2D eigenvalue weighted by atomic mass is 16.1. The van der Waals surface area contributed by atoms with Crippen molar-refractivity contribution in [3.63, 3.8) is 0 Å². The van der Waals surface area contributed by atoms with E-state index >= 15 is 0 Å². The van der Waals surface area contributed by atoms with E-state index in [1.54, 1.807) is 31.2 Å². The SMILES string of the molecule is CCCC1=C(C)C(=O)c2ccccc2C1=O. The van der Waals surface area contributed by atoms with Crippen LogP contribution in [-0.4, -0.2) is 11.6 Å². The van der Waals surface area contributed by atoms with E-state index in [1.165, 1.54) is 0 Å². The van der Waals surface area contributed by atoms with Crippen LogP contribution in [0.2, 0.25) is 0 Å². The minimum absolute atomic E-state index is 0.00125. The van der Waals surface area contributed by atoms with Crippen molar-refractivity contribution in [1.29, 1.82) is 0 Å². The van der Waals surface area contributed by atoms with Crippen LogP contribution in [0.3, 0.4) is 0 Å². The number of fused-ring (bicyclic) bond motifs is 1. The van der Waals surface area contributed by atoms with Gasteiger partial charge in [0.2, 0.25) is 0 Å². The maximum absolute atomic E-state index is 12.2. The fourth-order valence-electron chi connectivity index (χ4n) is 2.10. The number of allylic oxidation sites excluding steroid dienone is 2. The Balaban J connectivity index is 2.58. The van der Waals surface area contributed by atoms with Crippen LogP contribution in [0.25, 0.3) is 0 Å². The number of carbonyl (C=O) groups is 2. The molecule has 0 N–H and O–H groups in total. The Hall–Kier alpha value is -1.70. The molecule has 1 aromatic carbocycles. The Labute approximate surface area is 95.0 Å². The highest BCUT2D eigenvalue weighted by Crippen LogP contribution is 2.28. The van der Waals surface area contributed by atoms with Crippen LogP contribution >= 0.6 is 0 Å². The number of rotatable bonds is 2. The van der Waals surface area contributed by atoms with E-state index in [9.17, 15) is 9.59 Å². The van der Waals surface area contributed by atoms with Gasteiger partial charge in [0.15, 0.2) is 11.6 Å². The molecule has 0 saturated heterocycles. The van der Waals surface area contributed by atoms with Crippen molar-refractivity contribution in [2.45, 2.75) is 26.7 Å². The molecule has 1 aliphatic carbocycles. The summed E-state index contributed by atoms with van der Waals surface area (Å²) in [7, 11) is 0. The van der Waals surface area contributed by atoms with E-state index in [4.69, 9.17) is 0 Å². The van der Waals surface area contributed by atoms with Crippen LogP contribution in [-0.2, 0) is 0 Å². The molecule has 0 atom stereocenters. The minimum atomic E-state index is -0.00125. The lowest BCUT2D eigenvalue weighted by molar-refractivity contribution is 0.0972. The highest BCUT2D eigenvalue weighted by molar-refractivity contribution is 6.26. The van der Waals surface area contributed by atoms with Crippen molar-refractivity contribution < 1.29 is 9.59 Å². The summed E-state index contributed by atoms with van der Waals surface area (Å²) in [6.45, 7) is 3.76. The van der Waals surface area contributed by atoms with Crippen LogP contribution in [0.4, 0.5) is 0 Å². The minimum Gasteiger partial charge on any atom is -0.289 e. The molecule has 2 nitrogen and oxygen atoms in total. The predicted molar refractivity (Wildman–Crippen MR) is 62.7 cm³/mol. The van der Waals surface area contributed by atoms with Gasteiger partial charge in [-0.15, -0.1) is 0 Å². The van der Waals surface area contributed by atoms with Gasteiger partial charge in [0, 0.05) is 22.3 Å². The summed E-state index contributed by atoms with van der Waals surface area (Å²) in [4.78, 5) is 24.2. The second-order valence-corrected chi connectivity index (χ2v) is 4.06. The van der Waals surface area contributed by atoms with E-state index in [0.717, 1.165) is 6.42 Å². The largest absolute Gasteiger partial charge is 0.289 e. The quantitative estimate of drug-likeness (QED) is 0.757. The molecule has 0 heterocycles. The monoisotopic (exact) mass is 214 g/mol. The summed E-state index contributed by atoms with van der Waals surface area (Å²) < 4.78 is 0. The lowest BCUT2D eigenvalue weighted by Gasteiger charge is -2.18. The first-order valence-corrected chi connectivity index (χ1v) is 5.55. The van der Waals surface area contributed by atoms with Crippen LogP contribution in [0, 0.1) is 0 Å². The normalized spacial score (nSPS) is 15.4. The van der Waals surface area contributed by atoms with E-state index in [-0.39, 0.29) is 11.6 Å². The van der Waals surface area contributed by atoms with Gasteiger partial charge in [-0.2, -0.15) is 0 Å². The lowest BCUT2D eigenvalue weighted by atomic mass is 9.83. The fourth-order valence-corrected chi connectivity index (χ4v) is 2.10. The van der Waals surface area contributed by atoms with Gasteiger partial charge in [0.1, 0.15) is 0 Å². The van der Waals surface area contributed by atoms with Gasteiger partial charge in [0.25, 0.3) is 0 Å². The Morgan fingerprint density at radius 3 is 2.12 bits per heavy atom. The molecule has 82 valence electrons. The van der Waals surface area contributed by atoms with E-state index < -0.39 is 0 Å². The average molecular weight is 214 g/mol. The topological polar surface area (TPSA) is 34.1 Å². The summed E-state index contributed by atoms with van der Waals surface area (Å²) >= 11 is 0. The third kappa shape index (κ3) is 1.51. The first-order valence-electron chi connectivity index (χ1n) is 5.55. The third-order valence-corrected chi connectivity index (χ3v) is 2.98. The zero-order valence-corrected chi connectivity index (χ0v) is 9.54. The van der Waals surface area contributed by atoms with Crippen molar-refractivity contribution in [2.24, 2.45) is 0 Å². The van der Waals surface area contributed by atoms with Gasteiger partial charge in [-0.1, -0.05) is 37.6 Å². The van der Waals surface area contributed by atoms with Crippen LogP contribution in [0.1, 0.15) is 47.4 Å². The van der Waals surface area contributed by atoms with Gasteiger partial charge in [-0.25, -0.2) is 0 Å². The van der Waals surface area contributed by atoms with Crippen LogP contribution < -0.4 is 0 Å². The van der Waals surface area contributed by atoms with Gasteiger partial charge in [-0.05, 0) is 13.3 Å². The predicted octanol–water partition coefficient (Wildman–Crippen LogP) is 3.18. The molecule has 0 amide bonds. The maximum atomic E-state index is 12.2. The zero-order chi connectivity index (χ0) is 11.7. The van der Waals surface area contributed by atoms with Crippen LogP contribution in [0.5, 0.6) is 0 Å². The van der Waals surface area contributed by atoms with Gasteiger partial charge >= 0.3 is 0 Å². The molecule has 1 aromatic rings. The molecule has 1 aliphatic rings. The molecule has 0 aromatic heterocycles. The average Bonchev–Trinajstić information content (AvgIpc) is 2.32. The smallest absolute Gasteiger partial charge is 0.190 e. The second kappa shape index (κ2) is 4.05. The Bertz CT molecular complexity index is 495. The lowest BCUT2D eigenvalue weighted by Crippen LogP contribution is -2.20. The van der Waals surface area contributed by atoms with Crippen molar-refractivity contribution in [1.82, 2.24) is 0 Å². The summed E-state index contributed by atoms with van der Waals surface area (Å²) in [6, 6.07) is 7.05. The third-order valence-electron chi connectivity index (χ3n) is 2.98. The molecule has 16 heavy (non-hydrogen) atoms. The molecule has 0 bridgehead atoms.